The number of carbonyl (C=O) groups excluding carboxylic acids is 1. The number of hydrogen-bond donors (Lipinski definition) is 2. The van der Waals surface area contributed by atoms with Gasteiger partial charge in [0.1, 0.15) is 5.82 Å². The van der Waals surface area contributed by atoms with E-state index in [-0.39, 0.29) is 5.91 Å². The lowest BCUT2D eigenvalue weighted by atomic mass is 10.1. The van der Waals surface area contributed by atoms with Crippen LogP contribution >= 0.6 is 11.6 Å². The second kappa shape index (κ2) is 7.27. The van der Waals surface area contributed by atoms with Gasteiger partial charge in [-0.25, -0.2) is 4.98 Å². The van der Waals surface area contributed by atoms with Gasteiger partial charge in [0, 0.05) is 24.6 Å². The van der Waals surface area contributed by atoms with Gasteiger partial charge in [0.2, 0.25) is 5.91 Å². The number of aromatic amines is 1. The van der Waals surface area contributed by atoms with Gasteiger partial charge in [0.05, 0.1) is 5.02 Å². The van der Waals surface area contributed by atoms with Crippen LogP contribution in [0.15, 0.2) is 48.5 Å². The summed E-state index contributed by atoms with van der Waals surface area (Å²) in [7, 11) is 0. The molecule has 0 spiro atoms. The monoisotopic (exact) mass is 340 g/mol. The Morgan fingerprint density at radius 2 is 1.96 bits per heavy atom. The number of halogens is 1. The first-order valence-corrected chi connectivity index (χ1v) is 8.02. The number of hydrogen-bond acceptors (Lipinski definition) is 3. The fourth-order valence-corrected chi connectivity index (χ4v) is 2.61. The number of amides is 1. The van der Waals surface area contributed by atoms with Gasteiger partial charge in [-0.3, -0.25) is 9.89 Å². The van der Waals surface area contributed by atoms with Crippen molar-refractivity contribution in [2.24, 2.45) is 0 Å². The lowest BCUT2D eigenvalue weighted by molar-refractivity contribution is -0.114. The van der Waals surface area contributed by atoms with Gasteiger partial charge in [0.15, 0.2) is 5.82 Å². The Hall–Kier alpha value is -2.66. The number of benzene rings is 2. The molecule has 0 fully saturated rings. The number of carbonyl (C=O) groups is 1. The molecular formula is C18H17ClN4O. The highest BCUT2D eigenvalue weighted by atomic mass is 35.5. The molecule has 6 heteroatoms. The molecule has 0 aliphatic rings. The molecule has 0 radical (unpaired) electrons. The van der Waals surface area contributed by atoms with E-state index in [1.165, 1.54) is 12.5 Å². The van der Waals surface area contributed by atoms with E-state index in [0.29, 0.717) is 22.1 Å². The zero-order valence-corrected chi connectivity index (χ0v) is 14.0. The highest BCUT2D eigenvalue weighted by Gasteiger charge is 2.11. The summed E-state index contributed by atoms with van der Waals surface area (Å²) in [6.07, 6.45) is 1.65. The van der Waals surface area contributed by atoms with Crippen LogP contribution in [0.5, 0.6) is 0 Å². The van der Waals surface area contributed by atoms with E-state index in [1.807, 2.05) is 18.2 Å². The topological polar surface area (TPSA) is 70.7 Å². The zero-order chi connectivity index (χ0) is 16.9. The third-order valence-corrected chi connectivity index (χ3v) is 3.88. The highest BCUT2D eigenvalue weighted by molar-refractivity contribution is 6.33. The minimum Gasteiger partial charge on any atom is -0.326 e. The number of aromatic nitrogens is 3. The number of aryl methyl sites for hydroxylation is 2. The molecule has 0 atom stereocenters. The van der Waals surface area contributed by atoms with Crippen LogP contribution in [0, 0.1) is 0 Å². The summed E-state index contributed by atoms with van der Waals surface area (Å²) < 4.78 is 0. The van der Waals surface area contributed by atoms with Gasteiger partial charge >= 0.3 is 0 Å². The van der Waals surface area contributed by atoms with Crippen LogP contribution < -0.4 is 5.32 Å². The molecule has 2 aromatic carbocycles. The smallest absolute Gasteiger partial charge is 0.221 e. The van der Waals surface area contributed by atoms with Gasteiger partial charge in [-0.05, 0) is 30.2 Å². The molecule has 24 heavy (non-hydrogen) atoms. The molecule has 1 amide bonds. The maximum absolute atomic E-state index is 11.2. The fraction of sp³-hybridized carbons (Fsp3) is 0.167. The van der Waals surface area contributed by atoms with Crippen molar-refractivity contribution in [1.82, 2.24) is 15.2 Å². The first-order chi connectivity index (χ1) is 11.6. The normalized spacial score (nSPS) is 10.6. The second-order valence-corrected chi connectivity index (χ2v) is 5.87. The lowest BCUT2D eigenvalue weighted by Gasteiger charge is -2.05. The van der Waals surface area contributed by atoms with E-state index in [2.05, 4.69) is 32.6 Å². The van der Waals surface area contributed by atoms with Gasteiger partial charge in [-0.15, -0.1) is 0 Å². The summed E-state index contributed by atoms with van der Waals surface area (Å²) in [5.41, 5.74) is 2.60. The Balaban J connectivity index is 1.76. The van der Waals surface area contributed by atoms with Crippen molar-refractivity contribution in [3.8, 4) is 11.4 Å². The fourth-order valence-electron chi connectivity index (χ4n) is 2.41. The van der Waals surface area contributed by atoms with Gasteiger partial charge in [0.25, 0.3) is 0 Å². The molecule has 0 bridgehead atoms. The average Bonchev–Trinajstić information content (AvgIpc) is 3.04. The molecule has 2 N–H and O–H groups in total. The Morgan fingerprint density at radius 1 is 1.17 bits per heavy atom. The molecule has 0 unspecified atom stereocenters. The maximum atomic E-state index is 11.2. The molecule has 0 saturated carbocycles. The van der Waals surface area contributed by atoms with Crippen molar-refractivity contribution >= 4 is 23.2 Å². The summed E-state index contributed by atoms with van der Waals surface area (Å²) in [4.78, 5) is 15.7. The summed E-state index contributed by atoms with van der Waals surface area (Å²) in [6, 6.07) is 15.5. The van der Waals surface area contributed by atoms with Gasteiger partial charge < -0.3 is 5.32 Å². The quantitative estimate of drug-likeness (QED) is 0.740. The predicted molar refractivity (Wildman–Crippen MR) is 95.0 cm³/mol. The Labute approximate surface area is 145 Å². The molecular weight excluding hydrogens is 324 g/mol. The number of nitrogens with zero attached hydrogens (tertiary/aromatic N) is 2. The molecule has 3 rings (SSSR count). The number of anilines is 1. The molecule has 0 aliphatic heterocycles. The molecule has 1 heterocycles. The molecule has 5 nitrogen and oxygen atoms in total. The van der Waals surface area contributed by atoms with Crippen LogP contribution in [-0.4, -0.2) is 21.1 Å². The van der Waals surface area contributed by atoms with Crippen LogP contribution in [0.25, 0.3) is 11.4 Å². The Kier molecular flexibility index (Phi) is 4.91. The summed E-state index contributed by atoms with van der Waals surface area (Å²) in [5, 5.41) is 10.5. The zero-order valence-electron chi connectivity index (χ0n) is 13.2. The van der Waals surface area contributed by atoms with Crippen LogP contribution in [0.3, 0.4) is 0 Å². The van der Waals surface area contributed by atoms with Crippen molar-refractivity contribution in [3.05, 3.63) is 64.9 Å². The largest absolute Gasteiger partial charge is 0.326 e. The molecule has 0 aliphatic carbocycles. The van der Waals surface area contributed by atoms with Gasteiger partial charge in [-0.2, -0.15) is 5.10 Å². The van der Waals surface area contributed by atoms with Crippen LogP contribution in [-0.2, 0) is 17.6 Å². The summed E-state index contributed by atoms with van der Waals surface area (Å²) >= 11 is 6.24. The van der Waals surface area contributed by atoms with E-state index < -0.39 is 0 Å². The summed E-state index contributed by atoms with van der Waals surface area (Å²) in [6.45, 7) is 1.46. The average molecular weight is 341 g/mol. The first kappa shape index (κ1) is 16.2. The van der Waals surface area contributed by atoms with Crippen molar-refractivity contribution in [1.29, 1.82) is 0 Å². The lowest BCUT2D eigenvalue weighted by Crippen LogP contribution is -2.05. The summed E-state index contributed by atoms with van der Waals surface area (Å²) in [5.74, 6) is 1.19. The predicted octanol–water partition coefficient (Wildman–Crippen LogP) is 3.87. The third-order valence-electron chi connectivity index (χ3n) is 3.55. The van der Waals surface area contributed by atoms with Crippen molar-refractivity contribution in [3.63, 3.8) is 0 Å². The third kappa shape index (κ3) is 4.00. The minimum absolute atomic E-state index is 0.137. The highest BCUT2D eigenvalue weighted by Crippen LogP contribution is 2.28. The van der Waals surface area contributed by atoms with E-state index >= 15 is 0 Å². The Bertz CT molecular complexity index is 845. The van der Waals surface area contributed by atoms with E-state index in [9.17, 15) is 4.79 Å². The molecule has 0 saturated heterocycles. The van der Waals surface area contributed by atoms with Crippen LogP contribution in [0.1, 0.15) is 18.3 Å². The first-order valence-electron chi connectivity index (χ1n) is 7.64. The van der Waals surface area contributed by atoms with E-state index in [4.69, 9.17) is 11.6 Å². The van der Waals surface area contributed by atoms with Crippen molar-refractivity contribution in [2.75, 3.05) is 5.32 Å². The maximum Gasteiger partial charge on any atom is 0.221 e. The number of rotatable bonds is 5. The minimum atomic E-state index is -0.137. The van der Waals surface area contributed by atoms with E-state index in [1.54, 1.807) is 18.2 Å². The van der Waals surface area contributed by atoms with E-state index in [0.717, 1.165) is 18.7 Å². The molecule has 1 aromatic heterocycles. The van der Waals surface area contributed by atoms with Crippen molar-refractivity contribution in [2.45, 2.75) is 19.8 Å². The second-order valence-electron chi connectivity index (χ2n) is 5.47. The van der Waals surface area contributed by atoms with Crippen LogP contribution in [0.4, 0.5) is 5.69 Å². The molecule has 3 aromatic rings. The van der Waals surface area contributed by atoms with Crippen LogP contribution in [0.2, 0.25) is 5.02 Å². The standard InChI is InChI=1S/C18H17ClN4O/c1-12(24)20-14-8-9-16(19)15(11-14)18-21-17(22-23-18)10-7-13-5-3-2-4-6-13/h2-6,8-9,11H,7,10H2,1H3,(H,20,24)(H,21,22,23). The van der Waals surface area contributed by atoms with Gasteiger partial charge in [-0.1, -0.05) is 41.9 Å². The Morgan fingerprint density at radius 3 is 2.71 bits per heavy atom. The van der Waals surface area contributed by atoms with Crippen molar-refractivity contribution < 1.29 is 4.79 Å². The number of nitrogens with one attached hydrogen (secondary N) is 2. The number of H-pyrrole nitrogens is 1. The molecule has 122 valence electrons. The SMILES string of the molecule is CC(=O)Nc1ccc(Cl)c(-c2n[nH]c(CCc3ccccc3)n2)c1.